The van der Waals surface area contributed by atoms with E-state index in [1.54, 1.807) is 18.3 Å². The van der Waals surface area contributed by atoms with Crippen molar-refractivity contribution in [3.63, 3.8) is 0 Å². The van der Waals surface area contributed by atoms with Gasteiger partial charge in [-0.2, -0.15) is 5.10 Å². The van der Waals surface area contributed by atoms with Crippen LogP contribution in [-0.2, 0) is 0 Å². The molecule has 4 heteroatoms. The first-order chi connectivity index (χ1) is 9.66. The first-order valence-electron chi connectivity index (χ1n) is 6.32. The molecule has 2 aromatic carbocycles. The number of nitrogens with zero attached hydrogens (tertiary/aromatic N) is 2. The normalized spacial score (nSPS) is 10.5. The molecule has 0 aliphatic heterocycles. The van der Waals surface area contributed by atoms with Crippen molar-refractivity contribution in [1.82, 2.24) is 5.43 Å². The SMILES string of the molecule is CN(C)c1ccc(C=NNC(=O)c2ccccc2)cc1. The van der Waals surface area contributed by atoms with E-state index in [0.717, 1.165) is 11.3 Å². The Hall–Kier alpha value is -2.62. The molecular formula is C16H17N3O. The average molecular weight is 267 g/mol. The first kappa shape index (κ1) is 13.8. The number of nitrogens with one attached hydrogen (secondary N) is 1. The van der Waals surface area contributed by atoms with Gasteiger partial charge in [-0.3, -0.25) is 4.79 Å². The number of hydrogen-bond donors (Lipinski definition) is 1. The molecule has 0 radical (unpaired) electrons. The number of rotatable bonds is 4. The summed E-state index contributed by atoms with van der Waals surface area (Å²) in [7, 11) is 3.98. The van der Waals surface area contributed by atoms with Crippen LogP contribution in [0.15, 0.2) is 59.7 Å². The predicted octanol–water partition coefficient (Wildman–Crippen LogP) is 2.52. The maximum absolute atomic E-state index is 11.7. The van der Waals surface area contributed by atoms with E-state index in [2.05, 4.69) is 10.5 Å². The second-order valence-corrected chi connectivity index (χ2v) is 4.55. The summed E-state index contributed by atoms with van der Waals surface area (Å²) in [6, 6.07) is 16.9. The summed E-state index contributed by atoms with van der Waals surface area (Å²) in [5.74, 6) is -0.216. The molecule has 4 nitrogen and oxygen atoms in total. The van der Waals surface area contributed by atoms with Gasteiger partial charge in [0, 0.05) is 25.3 Å². The summed E-state index contributed by atoms with van der Waals surface area (Å²) in [4.78, 5) is 13.8. The van der Waals surface area contributed by atoms with Crippen molar-refractivity contribution in [2.45, 2.75) is 0 Å². The molecule has 1 N–H and O–H groups in total. The van der Waals surface area contributed by atoms with Crippen molar-refractivity contribution >= 4 is 17.8 Å². The Bertz CT molecular complexity index is 589. The van der Waals surface area contributed by atoms with Gasteiger partial charge in [-0.25, -0.2) is 5.43 Å². The number of hydrogen-bond acceptors (Lipinski definition) is 3. The lowest BCUT2D eigenvalue weighted by Crippen LogP contribution is -2.17. The third-order valence-electron chi connectivity index (χ3n) is 2.83. The van der Waals surface area contributed by atoms with Crippen LogP contribution >= 0.6 is 0 Å². The Labute approximate surface area is 118 Å². The summed E-state index contributed by atoms with van der Waals surface area (Å²) in [6.45, 7) is 0. The Balaban J connectivity index is 1.95. The van der Waals surface area contributed by atoms with Gasteiger partial charge in [0.25, 0.3) is 5.91 Å². The summed E-state index contributed by atoms with van der Waals surface area (Å²) < 4.78 is 0. The first-order valence-corrected chi connectivity index (χ1v) is 6.32. The molecule has 0 unspecified atom stereocenters. The van der Waals surface area contributed by atoms with Gasteiger partial charge in [-0.1, -0.05) is 30.3 Å². The maximum Gasteiger partial charge on any atom is 0.271 e. The smallest absolute Gasteiger partial charge is 0.271 e. The summed E-state index contributed by atoms with van der Waals surface area (Å²) in [6.07, 6.45) is 1.63. The molecule has 1 amide bonds. The van der Waals surface area contributed by atoms with Gasteiger partial charge in [0.2, 0.25) is 0 Å². The molecule has 0 saturated heterocycles. The lowest BCUT2D eigenvalue weighted by Gasteiger charge is -2.11. The van der Waals surface area contributed by atoms with Crippen LogP contribution in [0.2, 0.25) is 0 Å². The second-order valence-electron chi connectivity index (χ2n) is 4.55. The van der Waals surface area contributed by atoms with Crippen molar-refractivity contribution in [2.24, 2.45) is 5.10 Å². The van der Waals surface area contributed by atoms with E-state index in [4.69, 9.17) is 0 Å². The summed E-state index contributed by atoms with van der Waals surface area (Å²) in [5, 5.41) is 3.95. The number of anilines is 1. The average Bonchev–Trinajstić information content (AvgIpc) is 2.48. The predicted molar refractivity (Wildman–Crippen MR) is 82.3 cm³/mol. The third kappa shape index (κ3) is 3.68. The van der Waals surface area contributed by atoms with Crippen molar-refractivity contribution < 1.29 is 4.79 Å². The van der Waals surface area contributed by atoms with E-state index in [0.29, 0.717) is 5.56 Å². The maximum atomic E-state index is 11.7. The molecule has 0 fully saturated rings. The highest BCUT2D eigenvalue weighted by molar-refractivity contribution is 5.94. The second kappa shape index (κ2) is 6.52. The number of carbonyl (C=O) groups is 1. The van der Waals surface area contributed by atoms with Crippen LogP contribution in [0.25, 0.3) is 0 Å². The Morgan fingerprint density at radius 3 is 2.30 bits per heavy atom. The highest BCUT2D eigenvalue weighted by atomic mass is 16.2. The Morgan fingerprint density at radius 2 is 1.70 bits per heavy atom. The van der Waals surface area contributed by atoms with Gasteiger partial charge in [0.15, 0.2) is 0 Å². The van der Waals surface area contributed by atoms with Gasteiger partial charge in [0.1, 0.15) is 0 Å². The van der Waals surface area contributed by atoms with Crippen LogP contribution in [0, 0.1) is 0 Å². The molecule has 0 aromatic heterocycles. The third-order valence-corrected chi connectivity index (χ3v) is 2.83. The highest BCUT2D eigenvalue weighted by Gasteiger charge is 2.01. The fourth-order valence-electron chi connectivity index (χ4n) is 1.68. The van der Waals surface area contributed by atoms with Crippen LogP contribution in [0.5, 0.6) is 0 Å². The highest BCUT2D eigenvalue weighted by Crippen LogP contribution is 2.10. The number of benzene rings is 2. The molecule has 0 heterocycles. The number of hydrazone groups is 1. The largest absolute Gasteiger partial charge is 0.378 e. The van der Waals surface area contributed by atoms with Crippen molar-refractivity contribution in [3.8, 4) is 0 Å². The van der Waals surface area contributed by atoms with E-state index in [-0.39, 0.29) is 5.91 Å². The van der Waals surface area contributed by atoms with Crippen LogP contribution in [-0.4, -0.2) is 26.2 Å². The quantitative estimate of drug-likeness (QED) is 0.683. The van der Waals surface area contributed by atoms with E-state index in [9.17, 15) is 4.79 Å². The van der Waals surface area contributed by atoms with Crippen LogP contribution in [0.3, 0.4) is 0 Å². The molecule has 0 atom stereocenters. The Kier molecular flexibility index (Phi) is 4.50. The van der Waals surface area contributed by atoms with Crippen molar-refractivity contribution in [3.05, 3.63) is 65.7 Å². The summed E-state index contributed by atoms with van der Waals surface area (Å²) >= 11 is 0. The van der Waals surface area contributed by atoms with Crippen molar-refractivity contribution in [2.75, 3.05) is 19.0 Å². The minimum Gasteiger partial charge on any atom is -0.378 e. The zero-order chi connectivity index (χ0) is 14.4. The molecule has 0 aliphatic carbocycles. The molecule has 0 saturated carbocycles. The van der Waals surface area contributed by atoms with E-state index in [1.165, 1.54) is 0 Å². The number of carbonyl (C=O) groups excluding carboxylic acids is 1. The molecular weight excluding hydrogens is 250 g/mol. The molecule has 2 rings (SSSR count). The van der Waals surface area contributed by atoms with Gasteiger partial charge >= 0.3 is 0 Å². The van der Waals surface area contributed by atoms with Gasteiger partial charge in [-0.15, -0.1) is 0 Å². The van der Waals surface area contributed by atoms with E-state index < -0.39 is 0 Å². The van der Waals surface area contributed by atoms with Gasteiger partial charge in [-0.05, 0) is 29.8 Å². The lowest BCUT2D eigenvalue weighted by atomic mass is 10.2. The monoisotopic (exact) mass is 267 g/mol. The van der Waals surface area contributed by atoms with Gasteiger partial charge < -0.3 is 4.90 Å². The minimum atomic E-state index is -0.216. The van der Waals surface area contributed by atoms with Crippen molar-refractivity contribution in [1.29, 1.82) is 0 Å². The zero-order valence-corrected chi connectivity index (χ0v) is 11.6. The summed E-state index contributed by atoms with van der Waals surface area (Å²) in [5.41, 5.74) is 5.15. The molecule has 0 bridgehead atoms. The topological polar surface area (TPSA) is 44.7 Å². The molecule has 0 spiro atoms. The van der Waals surface area contributed by atoms with E-state index in [1.807, 2.05) is 61.5 Å². The van der Waals surface area contributed by atoms with Crippen LogP contribution in [0.1, 0.15) is 15.9 Å². The fourth-order valence-corrected chi connectivity index (χ4v) is 1.68. The molecule has 20 heavy (non-hydrogen) atoms. The van der Waals surface area contributed by atoms with E-state index >= 15 is 0 Å². The minimum absolute atomic E-state index is 0.216. The number of amides is 1. The fraction of sp³-hybridized carbons (Fsp3) is 0.125. The molecule has 102 valence electrons. The standard InChI is InChI=1S/C16H17N3O/c1-19(2)15-10-8-13(9-11-15)12-17-18-16(20)14-6-4-3-5-7-14/h3-12H,1-2H3,(H,18,20). The Morgan fingerprint density at radius 1 is 1.05 bits per heavy atom. The molecule has 0 aliphatic rings. The zero-order valence-electron chi connectivity index (χ0n) is 11.6. The van der Waals surface area contributed by atoms with Gasteiger partial charge in [0.05, 0.1) is 6.21 Å². The molecule has 2 aromatic rings. The van der Waals surface area contributed by atoms with Crippen LogP contribution < -0.4 is 10.3 Å². The lowest BCUT2D eigenvalue weighted by molar-refractivity contribution is 0.0955. The van der Waals surface area contributed by atoms with Crippen LogP contribution in [0.4, 0.5) is 5.69 Å².